The zero-order valence-corrected chi connectivity index (χ0v) is 11.2. The minimum absolute atomic E-state index is 0.575. The predicted octanol–water partition coefficient (Wildman–Crippen LogP) is 2.03. The number of halogens is 1. The van der Waals surface area contributed by atoms with Crippen LogP contribution in [-0.2, 0) is 5.60 Å². The second-order valence-corrected chi connectivity index (χ2v) is 6.34. The summed E-state index contributed by atoms with van der Waals surface area (Å²) in [6.45, 7) is 2.03. The van der Waals surface area contributed by atoms with Crippen molar-refractivity contribution >= 4 is 22.5 Å². The topological polar surface area (TPSA) is 60.9 Å². The Morgan fingerprint density at radius 2 is 2.00 bits per heavy atom. The van der Waals surface area contributed by atoms with E-state index in [0.29, 0.717) is 16.9 Å². The third-order valence-corrected chi connectivity index (χ3v) is 4.92. The van der Waals surface area contributed by atoms with E-state index in [1.165, 1.54) is 0 Å². The lowest BCUT2D eigenvalue weighted by atomic mass is 9.88. The Morgan fingerprint density at radius 1 is 1.26 bits per heavy atom. The molecule has 1 saturated carbocycles. The number of rotatable bonds is 1. The predicted molar refractivity (Wildman–Crippen MR) is 74.1 cm³/mol. The summed E-state index contributed by atoms with van der Waals surface area (Å²) in [5.74, 6) is 1.15. The largest absolute Gasteiger partial charge is 0.385 e. The number of nitrogens with zero attached hydrogens (tertiary/aromatic N) is 1. The first-order valence-electron chi connectivity index (χ1n) is 6.72. The zero-order valence-electron chi connectivity index (χ0n) is 10.5. The van der Waals surface area contributed by atoms with Gasteiger partial charge in [0.2, 0.25) is 0 Å². The minimum Gasteiger partial charge on any atom is -0.385 e. The molecule has 0 radical (unpaired) electrons. The van der Waals surface area contributed by atoms with Gasteiger partial charge in [-0.05, 0) is 55.5 Å². The molecule has 2 aromatic rings. The maximum atomic E-state index is 11.1. The van der Waals surface area contributed by atoms with Gasteiger partial charge in [0.05, 0.1) is 17.3 Å². The van der Waals surface area contributed by atoms with Crippen molar-refractivity contribution in [1.82, 2.24) is 15.5 Å². The van der Waals surface area contributed by atoms with Crippen LogP contribution in [0.2, 0.25) is 5.02 Å². The molecule has 0 spiro atoms. The first kappa shape index (κ1) is 11.7. The van der Waals surface area contributed by atoms with Crippen LogP contribution in [-0.4, -0.2) is 28.4 Å². The molecule has 1 aromatic heterocycles. The highest BCUT2D eigenvalue weighted by Gasteiger charge is 2.47. The first-order valence-corrected chi connectivity index (χ1v) is 7.10. The van der Waals surface area contributed by atoms with Gasteiger partial charge in [-0.2, -0.15) is 5.10 Å². The van der Waals surface area contributed by atoms with Gasteiger partial charge in [0.1, 0.15) is 0 Å². The Balaban J connectivity index is 1.83. The van der Waals surface area contributed by atoms with Gasteiger partial charge in [0, 0.05) is 10.4 Å². The Hall–Kier alpha value is -1.10. The first-order chi connectivity index (χ1) is 9.16. The average Bonchev–Trinajstić information content (AvgIpc) is 3.01. The number of aromatic amines is 1. The molecule has 2 unspecified atom stereocenters. The molecule has 3 N–H and O–H groups in total. The normalized spacial score (nSPS) is 34.0. The van der Waals surface area contributed by atoms with E-state index in [2.05, 4.69) is 15.5 Å². The van der Waals surface area contributed by atoms with Crippen molar-refractivity contribution in [3.05, 3.63) is 28.9 Å². The van der Waals surface area contributed by atoms with Crippen molar-refractivity contribution in [3.8, 4) is 0 Å². The SMILES string of the molecule is OC1(c2cc(Cl)cc3[nH]ncc23)CC2CNCC2C1. The third-order valence-electron chi connectivity index (χ3n) is 4.70. The van der Waals surface area contributed by atoms with Crippen LogP contribution >= 0.6 is 11.6 Å². The van der Waals surface area contributed by atoms with Gasteiger partial charge in [-0.25, -0.2) is 0 Å². The summed E-state index contributed by atoms with van der Waals surface area (Å²) in [6.07, 6.45) is 3.40. The summed E-state index contributed by atoms with van der Waals surface area (Å²) in [4.78, 5) is 0. The highest BCUT2D eigenvalue weighted by Crippen LogP contribution is 2.49. The average molecular weight is 278 g/mol. The fourth-order valence-corrected chi connectivity index (χ4v) is 4.06. The standard InChI is InChI=1S/C14H16ClN3O/c15-10-1-12(11-7-17-18-13(11)2-10)14(19)3-8-5-16-6-9(8)4-14/h1-2,7-9,16,19H,3-6H2,(H,17,18). The van der Waals surface area contributed by atoms with Crippen LogP contribution in [0.4, 0.5) is 0 Å². The third kappa shape index (κ3) is 1.71. The molecule has 2 atom stereocenters. The molecule has 2 fully saturated rings. The van der Waals surface area contributed by atoms with Crippen molar-refractivity contribution in [2.24, 2.45) is 11.8 Å². The van der Waals surface area contributed by atoms with Crippen LogP contribution in [0.5, 0.6) is 0 Å². The Morgan fingerprint density at radius 3 is 2.74 bits per heavy atom. The Bertz CT molecular complexity index is 627. The van der Waals surface area contributed by atoms with Crippen LogP contribution in [0.15, 0.2) is 18.3 Å². The van der Waals surface area contributed by atoms with Crippen LogP contribution < -0.4 is 5.32 Å². The number of hydrogen-bond acceptors (Lipinski definition) is 3. The number of nitrogens with one attached hydrogen (secondary N) is 2. The van der Waals surface area contributed by atoms with Crippen LogP contribution in [0.3, 0.4) is 0 Å². The van der Waals surface area contributed by atoms with Crippen molar-refractivity contribution < 1.29 is 5.11 Å². The van der Waals surface area contributed by atoms with Crippen molar-refractivity contribution in [3.63, 3.8) is 0 Å². The Labute approximate surface area is 116 Å². The second kappa shape index (κ2) is 3.95. The maximum absolute atomic E-state index is 11.1. The summed E-state index contributed by atoms with van der Waals surface area (Å²) in [6, 6.07) is 3.75. The van der Waals surface area contributed by atoms with Gasteiger partial charge in [0.25, 0.3) is 0 Å². The van der Waals surface area contributed by atoms with Gasteiger partial charge >= 0.3 is 0 Å². The molecule has 1 aliphatic heterocycles. The van der Waals surface area contributed by atoms with Crippen LogP contribution in [0, 0.1) is 11.8 Å². The highest BCUT2D eigenvalue weighted by atomic mass is 35.5. The number of hydrogen-bond donors (Lipinski definition) is 3. The summed E-state index contributed by atoms with van der Waals surface area (Å²) in [7, 11) is 0. The second-order valence-electron chi connectivity index (χ2n) is 5.90. The molecule has 4 rings (SSSR count). The van der Waals surface area contributed by atoms with Crippen molar-refractivity contribution in [2.75, 3.05) is 13.1 Å². The minimum atomic E-state index is -0.759. The van der Waals surface area contributed by atoms with Crippen LogP contribution in [0.25, 0.3) is 10.9 Å². The molecule has 2 aliphatic rings. The number of fused-ring (bicyclic) bond motifs is 2. The van der Waals surface area contributed by atoms with E-state index in [4.69, 9.17) is 11.6 Å². The molecule has 5 heteroatoms. The smallest absolute Gasteiger partial charge is 0.0910 e. The summed E-state index contributed by atoms with van der Waals surface area (Å²) < 4.78 is 0. The van der Waals surface area contributed by atoms with Crippen LogP contribution in [0.1, 0.15) is 18.4 Å². The quantitative estimate of drug-likeness (QED) is 0.747. The number of aliphatic hydroxyl groups is 1. The van der Waals surface area contributed by atoms with E-state index in [1.807, 2.05) is 12.1 Å². The molecular weight excluding hydrogens is 262 g/mol. The van der Waals surface area contributed by atoms with Gasteiger partial charge < -0.3 is 10.4 Å². The summed E-state index contributed by atoms with van der Waals surface area (Å²) >= 11 is 6.17. The van der Waals surface area contributed by atoms with E-state index < -0.39 is 5.60 Å². The molecule has 19 heavy (non-hydrogen) atoms. The molecule has 1 aliphatic carbocycles. The van der Waals surface area contributed by atoms with E-state index in [0.717, 1.165) is 42.4 Å². The lowest BCUT2D eigenvalue weighted by Gasteiger charge is -2.25. The van der Waals surface area contributed by atoms with Crippen molar-refractivity contribution in [1.29, 1.82) is 0 Å². The highest BCUT2D eigenvalue weighted by molar-refractivity contribution is 6.31. The molecule has 0 amide bonds. The Kier molecular flexibility index (Phi) is 2.43. The molecule has 0 bridgehead atoms. The molecular formula is C14H16ClN3O. The fraction of sp³-hybridized carbons (Fsp3) is 0.500. The van der Waals surface area contributed by atoms with Gasteiger partial charge in [-0.1, -0.05) is 11.6 Å². The number of benzene rings is 1. The van der Waals surface area contributed by atoms with Gasteiger partial charge in [-0.3, -0.25) is 5.10 Å². The maximum Gasteiger partial charge on any atom is 0.0910 e. The van der Waals surface area contributed by atoms with Gasteiger partial charge in [0.15, 0.2) is 0 Å². The van der Waals surface area contributed by atoms with E-state index in [9.17, 15) is 5.11 Å². The molecule has 1 aromatic carbocycles. The molecule has 4 nitrogen and oxygen atoms in total. The fourth-order valence-electron chi connectivity index (χ4n) is 3.84. The molecule has 100 valence electrons. The molecule has 2 heterocycles. The van der Waals surface area contributed by atoms with Crippen molar-refractivity contribution in [2.45, 2.75) is 18.4 Å². The van der Waals surface area contributed by atoms with E-state index >= 15 is 0 Å². The lowest BCUT2D eigenvalue weighted by Crippen LogP contribution is -2.25. The summed E-state index contributed by atoms with van der Waals surface area (Å²) in [5, 5.41) is 23.1. The number of H-pyrrole nitrogens is 1. The van der Waals surface area contributed by atoms with Gasteiger partial charge in [-0.15, -0.1) is 0 Å². The zero-order chi connectivity index (χ0) is 13.0. The monoisotopic (exact) mass is 277 g/mol. The van der Waals surface area contributed by atoms with E-state index in [1.54, 1.807) is 6.20 Å². The number of aromatic nitrogens is 2. The van der Waals surface area contributed by atoms with E-state index in [-0.39, 0.29) is 0 Å². The summed E-state index contributed by atoms with van der Waals surface area (Å²) in [5.41, 5.74) is 1.06. The lowest BCUT2D eigenvalue weighted by molar-refractivity contribution is 0.0374. The molecule has 1 saturated heterocycles.